The van der Waals surface area contributed by atoms with Gasteiger partial charge in [-0.15, -0.1) is 0 Å². The van der Waals surface area contributed by atoms with E-state index >= 15 is 0 Å². The molecule has 0 saturated heterocycles. The van der Waals surface area contributed by atoms with E-state index in [2.05, 4.69) is 35.5 Å². The van der Waals surface area contributed by atoms with Crippen LogP contribution in [0.15, 0.2) is 24.8 Å². The van der Waals surface area contributed by atoms with E-state index in [0.717, 1.165) is 37.6 Å². The van der Waals surface area contributed by atoms with E-state index < -0.39 is 5.60 Å². The summed E-state index contributed by atoms with van der Waals surface area (Å²) in [4.78, 5) is 4.26. The SMILES string of the molecule is CC(C)c1ccn2cncc2c1CC1(O)CCCCC1. The zero-order valence-electron chi connectivity index (χ0n) is 12.5. The third kappa shape index (κ3) is 2.47. The minimum atomic E-state index is -0.520. The summed E-state index contributed by atoms with van der Waals surface area (Å²) < 4.78 is 2.06. The lowest BCUT2D eigenvalue weighted by Gasteiger charge is -2.33. The standard InChI is InChI=1S/C17H24N2O/c1-13(2)14-6-9-19-12-18-11-16(19)15(14)10-17(20)7-4-3-5-8-17/h6,9,11-13,20H,3-5,7-8,10H2,1-2H3. The smallest absolute Gasteiger partial charge is 0.0992 e. The van der Waals surface area contributed by atoms with Crippen LogP contribution in [-0.4, -0.2) is 20.1 Å². The Hall–Kier alpha value is -1.35. The lowest BCUT2D eigenvalue weighted by molar-refractivity contribution is 0.00450. The minimum Gasteiger partial charge on any atom is -0.390 e. The highest BCUT2D eigenvalue weighted by atomic mass is 16.3. The zero-order chi connectivity index (χ0) is 14.2. The maximum absolute atomic E-state index is 10.9. The van der Waals surface area contributed by atoms with Crippen molar-refractivity contribution in [2.24, 2.45) is 0 Å². The second-order valence-corrected chi connectivity index (χ2v) is 6.55. The van der Waals surface area contributed by atoms with Crippen molar-refractivity contribution in [3.8, 4) is 0 Å². The van der Waals surface area contributed by atoms with Crippen molar-refractivity contribution in [3.05, 3.63) is 35.9 Å². The molecule has 1 aliphatic carbocycles. The molecule has 0 radical (unpaired) electrons. The Bertz CT molecular complexity index is 594. The van der Waals surface area contributed by atoms with Gasteiger partial charge < -0.3 is 9.51 Å². The fourth-order valence-corrected chi connectivity index (χ4v) is 3.52. The largest absolute Gasteiger partial charge is 0.390 e. The molecule has 0 amide bonds. The average molecular weight is 272 g/mol. The van der Waals surface area contributed by atoms with Crippen LogP contribution in [0.1, 0.15) is 63.0 Å². The molecule has 3 rings (SSSR count). The Labute approximate surface area is 120 Å². The molecule has 2 heterocycles. The van der Waals surface area contributed by atoms with Crippen molar-refractivity contribution in [3.63, 3.8) is 0 Å². The van der Waals surface area contributed by atoms with Crippen LogP contribution in [0.3, 0.4) is 0 Å². The van der Waals surface area contributed by atoms with Gasteiger partial charge in [0, 0.05) is 12.6 Å². The van der Waals surface area contributed by atoms with Crippen LogP contribution in [0.25, 0.3) is 5.52 Å². The summed E-state index contributed by atoms with van der Waals surface area (Å²) in [6.45, 7) is 4.44. The van der Waals surface area contributed by atoms with Gasteiger partial charge in [-0.2, -0.15) is 0 Å². The van der Waals surface area contributed by atoms with Crippen molar-refractivity contribution < 1.29 is 5.11 Å². The van der Waals surface area contributed by atoms with Crippen molar-refractivity contribution >= 4 is 5.52 Å². The number of aliphatic hydroxyl groups is 1. The molecule has 2 aromatic rings. The van der Waals surface area contributed by atoms with Crippen molar-refractivity contribution in [2.45, 2.75) is 63.9 Å². The topological polar surface area (TPSA) is 37.5 Å². The van der Waals surface area contributed by atoms with E-state index in [1.165, 1.54) is 17.5 Å². The summed E-state index contributed by atoms with van der Waals surface area (Å²) in [5, 5.41) is 10.9. The van der Waals surface area contributed by atoms with E-state index in [4.69, 9.17) is 0 Å². The molecular formula is C17H24N2O. The summed E-state index contributed by atoms with van der Waals surface area (Å²) in [7, 11) is 0. The maximum atomic E-state index is 10.9. The second kappa shape index (κ2) is 5.21. The Morgan fingerprint density at radius 1 is 1.30 bits per heavy atom. The van der Waals surface area contributed by atoms with Gasteiger partial charge in [0.2, 0.25) is 0 Å². The quantitative estimate of drug-likeness (QED) is 0.925. The second-order valence-electron chi connectivity index (χ2n) is 6.55. The van der Waals surface area contributed by atoms with Crippen LogP contribution in [0.5, 0.6) is 0 Å². The Balaban J connectivity index is 2.03. The molecule has 0 unspecified atom stereocenters. The van der Waals surface area contributed by atoms with Crippen LogP contribution in [-0.2, 0) is 6.42 Å². The van der Waals surface area contributed by atoms with E-state index in [1.54, 1.807) is 0 Å². The molecule has 0 atom stereocenters. The van der Waals surface area contributed by atoms with E-state index in [0.29, 0.717) is 5.92 Å². The number of fused-ring (bicyclic) bond motifs is 1. The number of pyridine rings is 1. The molecule has 20 heavy (non-hydrogen) atoms. The monoisotopic (exact) mass is 272 g/mol. The van der Waals surface area contributed by atoms with Gasteiger partial charge in [0.15, 0.2) is 0 Å². The van der Waals surface area contributed by atoms with Crippen LogP contribution < -0.4 is 0 Å². The first-order valence-electron chi connectivity index (χ1n) is 7.75. The minimum absolute atomic E-state index is 0.470. The first kappa shape index (κ1) is 13.6. The van der Waals surface area contributed by atoms with Gasteiger partial charge in [0.05, 0.1) is 23.6 Å². The van der Waals surface area contributed by atoms with Gasteiger partial charge in [0.25, 0.3) is 0 Å². The summed E-state index contributed by atoms with van der Waals surface area (Å²) in [6.07, 6.45) is 12.0. The third-order valence-corrected chi connectivity index (χ3v) is 4.65. The first-order valence-corrected chi connectivity index (χ1v) is 7.75. The number of nitrogens with zero attached hydrogens (tertiary/aromatic N) is 2. The number of imidazole rings is 1. The molecule has 1 N–H and O–H groups in total. The number of hydrogen-bond donors (Lipinski definition) is 1. The molecule has 108 valence electrons. The van der Waals surface area contributed by atoms with Gasteiger partial charge in [-0.3, -0.25) is 0 Å². The normalized spacial score (nSPS) is 18.8. The van der Waals surface area contributed by atoms with Crippen LogP contribution >= 0.6 is 0 Å². The fraction of sp³-hybridized carbons (Fsp3) is 0.588. The van der Waals surface area contributed by atoms with Gasteiger partial charge in [0.1, 0.15) is 0 Å². The highest BCUT2D eigenvalue weighted by Gasteiger charge is 2.31. The highest BCUT2D eigenvalue weighted by molar-refractivity contribution is 5.57. The molecule has 1 fully saturated rings. The summed E-state index contributed by atoms with van der Waals surface area (Å²) in [6, 6.07) is 2.18. The van der Waals surface area contributed by atoms with Crippen LogP contribution in [0, 0.1) is 0 Å². The van der Waals surface area contributed by atoms with Gasteiger partial charge in [-0.25, -0.2) is 4.98 Å². The van der Waals surface area contributed by atoms with Crippen molar-refractivity contribution in [2.75, 3.05) is 0 Å². The molecule has 1 aliphatic rings. The summed E-state index contributed by atoms with van der Waals surface area (Å²) in [5.74, 6) is 0.470. The predicted octanol–water partition coefficient (Wildman–Crippen LogP) is 3.70. The third-order valence-electron chi connectivity index (χ3n) is 4.65. The summed E-state index contributed by atoms with van der Waals surface area (Å²) >= 11 is 0. The molecule has 0 aliphatic heterocycles. The van der Waals surface area contributed by atoms with Gasteiger partial charge >= 0.3 is 0 Å². The molecular weight excluding hydrogens is 248 g/mol. The van der Waals surface area contributed by atoms with E-state index in [1.807, 2.05) is 12.5 Å². The molecule has 3 heteroatoms. The van der Waals surface area contributed by atoms with Crippen LogP contribution in [0.2, 0.25) is 0 Å². The number of aromatic nitrogens is 2. The molecule has 0 bridgehead atoms. The molecule has 0 aromatic carbocycles. The van der Waals surface area contributed by atoms with Crippen molar-refractivity contribution in [1.82, 2.24) is 9.38 Å². The fourth-order valence-electron chi connectivity index (χ4n) is 3.52. The number of hydrogen-bond acceptors (Lipinski definition) is 2. The maximum Gasteiger partial charge on any atom is 0.0992 e. The zero-order valence-corrected chi connectivity index (χ0v) is 12.5. The first-order chi connectivity index (χ1) is 9.59. The lowest BCUT2D eigenvalue weighted by Crippen LogP contribution is -2.34. The number of rotatable bonds is 3. The molecule has 2 aromatic heterocycles. The Morgan fingerprint density at radius 3 is 2.75 bits per heavy atom. The lowest BCUT2D eigenvalue weighted by atomic mass is 9.79. The molecule has 3 nitrogen and oxygen atoms in total. The van der Waals surface area contributed by atoms with Gasteiger partial charge in [-0.05, 0) is 36.0 Å². The Kier molecular flexibility index (Phi) is 3.55. The average Bonchev–Trinajstić information content (AvgIpc) is 2.88. The Morgan fingerprint density at radius 2 is 2.05 bits per heavy atom. The van der Waals surface area contributed by atoms with E-state index in [9.17, 15) is 5.11 Å². The molecule has 0 spiro atoms. The van der Waals surface area contributed by atoms with Gasteiger partial charge in [-0.1, -0.05) is 33.1 Å². The van der Waals surface area contributed by atoms with E-state index in [-0.39, 0.29) is 0 Å². The molecule has 1 saturated carbocycles. The van der Waals surface area contributed by atoms with Crippen LogP contribution in [0.4, 0.5) is 0 Å². The van der Waals surface area contributed by atoms with Crippen molar-refractivity contribution in [1.29, 1.82) is 0 Å². The summed E-state index contributed by atoms with van der Waals surface area (Å²) in [5.41, 5.74) is 3.25. The predicted molar refractivity (Wildman–Crippen MR) is 81.0 cm³/mol. The highest BCUT2D eigenvalue weighted by Crippen LogP contribution is 2.34.